The number of oxazole rings is 1. The Morgan fingerprint density at radius 2 is 1.68 bits per heavy atom. The summed E-state index contributed by atoms with van der Waals surface area (Å²) in [5.74, 6) is -0.768. The molecule has 0 saturated carbocycles. The quantitative estimate of drug-likeness (QED) is 0.275. The van der Waals surface area contributed by atoms with Crippen LogP contribution in [0.5, 0.6) is 0 Å². The number of sulfonamides is 1. The standard InChI is InChI=1S/C27H23Cl2N3O5S/c1-27(2,3)32(38(35,36)23-14-17(28)10-13-19(23)29)21-15-24(33)31(26(21)34)18-11-8-16(9-12-18)25-30-20-6-4-5-7-22(20)37-25/h4-14,21H,15H2,1-3H3. The van der Waals surface area contributed by atoms with Crippen LogP contribution in [0.1, 0.15) is 27.2 Å². The number of anilines is 1. The first-order valence-corrected chi connectivity index (χ1v) is 13.9. The number of carbonyl (C=O) groups is 2. The highest BCUT2D eigenvalue weighted by Gasteiger charge is 2.51. The molecule has 0 radical (unpaired) electrons. The van der Waals surface area contributed by atoms with Crippen LogP contribution in [0.25, 0.3) is 22.6 Å². The van der Waals surface area contributed by atoms with Crippen LogP contribution in [0.2, 0.25) is 10.0 Å². The van der Waals surface area contributed by atoms with Crippen LogP contribution in [-0.2, 0) is 19.6 Å². The summed E-state index contributed by atoms with van der Waals surface area (Å²) in [4.78, 5) is 31.9. The van der Waals surface area contributed by atoms with Gasteiger partial charge in [0.1, 0.15) is 16.5 Å². The maximum Gasteiger partial charge on any atom is 0.252 e. The third-order valence-electron chi connectivity index (χ3n) is 6.16. The van der Waals surface area contributed by atoms with Gasteiger partial charge in [0.05, 0.1) is 17.1 Å². The van der Waals surface area contributed by atoms with E-state index in [-0.39, 0.29) is 21.4 Å². The molecule has 1 unspecified atom stereocenters. The van der Waals surface area contributed by atoms with E-state index in [4.69, 9.17) is 27.6 Å². The lowest BCUT2D eigenvalue weighted by Gasteiger charge is -2.37. The molecular formula is C27H23Cl2N3O5S. The van der Waals surface area contributed by atoms with Gasteiger partial charge in [-0.2, -0.15) is 4.31 Å². The summed E-state index contributed by atoms with van der Waals surface area (Å²) in [6, 6.07) is 16.8. The van der Waals surface area contributed by atoms with Crippen LogP contribution >= 0.6 is 23.2 Å². The van der Waals surface area contributed by atoms with Crippen LogP contribution in [0.15, 0.2) is 76.0 Å². The summed E-state index contributed by atoms with van der Waals surface area (Å²) in [7, 11) is -4.32. The topological polar surface area (TPSA) is 101 Å². The molecule has 1 fully saturated rings. The summed E-state index contributed by atoms with van der Waals surface area (Å²) >= 11 is 12.3. The average molecular weight is 572 g/mol. The number of amides is 2. The molecule has 0 aliphatic carbocycles. The van der Waals surface area contributed by atoms with Gasteiger partial charge in [0.25, 0.3) is 5.91 Å². The van der Waals surface area contributed by atoms with Crippen molar-refractivity contribution in [2.45, 2.75) is 43.7 Å². The van der Waals surface area contributed by atoms with Crippen LogP contribution in [-0.4, -0.2) is 41.1 Å². The normalized spacial score (nSPS) is 16.7. The van der Waals surface area contributed by atoms with E-state index in [1.807, 2.05) is 24.3 Å². The first kappa shape index (κ1) is 26.4. The number of hydrogen-bond donors (Lipinski definition) is 0. The summed E-state index contributed by atoms with van der Waals surface area (Å²) in [5, 5.41) is 0.142. The molecule has 11 heteroatoms. The van der Waals surface area contributed by atoms with Crippen molar-refractivity contribution in [3.8, 4) is 11.5 Å². The van der Waals surface area contributed by atoms with Crippen molar-refractivity contribution in [3.05, 3.63) is 76.8 Å². The molecule has 196 valence electrons. The van der Waals surface area contributed by atoms with Gasteiger partial charge in [-0.15, -0.1) is 0 Å². The summed E-state index contributed by atoms with van der Waals surface area (Å²) in [6.45, 7) is 4.95. The lowest BCUT2D eigenvalue weighted by atomic mass is 10.1. The lowest BCUT2D eigenvalue weighted by Crippen LogP contribution is -2.54. The fourth-order valence-electron chi connectivity index (χ4n) is 4.60. The zero-order valence-electron chi connectivity index (χ0n) is 20.7. The number of hydrogen-bond acceptors (Lipinski definition) is 6. The first-order valence-electron chi connectivity index (χ1n) is 11.7. The number of carbonyl (C=O) groups excluding carboxylic acids is 2. The SMILES string of the molecule is CC(C)(C)N(C1CC(=O)N(c2ccc(-c3nc4ccccc4o3)cc2)C1=O)S(=O)(=O)c1cc(Cl)ccc1Cl. The number of halogens is 2. The molecule has 4 aromatic rings. The van der Waals surface area contributed by atoms with Crippen LogP contribution < -0.4 is 4.90 Å². The predicted octanol–water partition coefficient (Wildman–Crippen LogP) is 5.92. The first-order chi connectivity index (χ1) is 17.9. The van der Waals surface area contributed by atoms with Gasteiger partial charge in [-0.05, 0) is 75.4 Å². The van der Waals surface area contributed by atoms with E-state index in [1.165, 1.54) is 18.2 Å². The maximum atomic E-state index is 13.8. The third-order valence-corrected chi connectivity index (χ3v) is 9.05. The molecule has 8 nitrogen and oxygen atoms in total. The Morgan fingerprint density at radius 3 is 2.34 bits per heavy atom. The second-order valence-corrected chi connectivity index (χ2v) is 12.5. The van der Waals surface area contributed by atoms with E-state index < -0.39 is 33.4 Å². The molecular weight excluding hydrogens is 549 g/mol. The van der Waals surface area contributed by atoms with Gasteiger partial charge in [-0.3, -0.25) is 9.59 Å². The number of benzene rings is 3. The molecule has 1 aliphatic heterocycles. The molecule has 38 heavy (non-hydrogen) atoms. The maximum absolute atomic E-state index is 13.8. The van der Waals surface area contributed by atoms with Crippen LogP contribution in [0.4, 0.5) is 5.69 Å². The lowest BCUT2D eigenvalue weighted by molar-refractivity contribution is -0.122. The minimum Gasteiger partial charge on any atom is -0.436 e. The molecule has 0 N–H and O–H groups in total. The number of fused-ring (bicyclic) bond motifs is 1. The number of para-hydroxylation sites is 2. The van der Waals surface area contributed by atoms with Gasteiger partial charge in [-0.25, -0.2) is 18.3 Å². The van der Waals surface area contributed by atoms with Gasteiger partial charge in [0.15, 0.2) is 5.58 Å². The van der Waals surface area contributed by atoms with Gasteiger partial charge < -0.3 is 4.42 Å². The molecule has 1 aliphatic rings. The van der Waals surface area contributed by atoms with Crippen molar-refractivity contribution in [2.75, 3.05) is 4.90 Å². The highest BCUT2D eigenvalue weighted by molar-refractivity contribution is 7.89. The summed E-state index contributed by atoms with van der Waals surface area (Å²) in [6.07, 6.45) is -0.319. The Bertz CT molecular complexity index is 1640. The molecule has 2 amide bonds. The van der Waals surface area contributed by atoms with E-state index in [2.05, 4.69) is 4.98 Å². The van der Waals surface area contributed by atoms with Crippen molar-refractivity contribution in [1.29, 1.82) is 0 Å². The molecule has 5 rings (SSSR count). The van der Waals surface area contributed by atoms with Crippen LogP contribution in [0, 0.1) is 0 Å². The van der Waals surface area contributed by atoms with Gasteiger partial charge in [-0.1, -0.05) is 35.3 Å². The Kier molecular flexibility index (Phi) is 6.59. The fraction of sp³-hybridized carbons (Fsp3) is 0.222. The second kappa shape index (κ2) is 9.50. The van der Waals surface area contributed by atoms with Crippen molar-refractivity contribution >= 4 is 61.8 Å². The Labute approximate surface area is 229 Å². The predicted molar refractivity (Wildman–Crippen MR) is 146 cm³/mol. The molecule has 0 spiro atoms. The van der Waals surface area contributed by atoms with Gasteiger partial charge >= 0.3 is 0 Å². The molecule has 0 bridgehead atoms. The van der Waals surface area contributed by atoms with Crippen LogP contribution in [0.3, 0.4) is 0 Å². The summed E-state index contributed by atoms with van der Waals surface area (Å²) in [5.41, 5.74) is 1.27. The number of nitrogens with zero attached hydrogens (tertiary/aromatic N) is 3. The molecule has 3 aromatic carbocycles. The molecule has 1 aromatic heterocycles. The van der Waals surface area contributed by atoms with E-state index in [0.717, 1.165) is 9.21 Å². The number of aromatic nitrogens is 1. The van der Waals surface area contributed by atoms with E-state index in [0.29, 0.717) is 28.2 Å². The van der Waals surface area contributed by atoms with E-state index in [9.17, 15) is 18.0 Å². The zero-order chi connectivity index (χ0) is 27.4. The largest absolute Gasteiger partial charge is 0.436 e. The highest BCUT2D eigenvalue weighted by Crippen LogP contribution is 2.37. The minimum atomic E-state index is -4.32. The van der Waals surface area contributed by atoms with Crippen molar-refractivity contribution in [1.82, 2.24) is 9.29 Å². The Balaban J connectivity index is 1.48. The number of imide groups is 1. The highest BCUT2D eigenvalue weighted by atomic mass is 35.5. The Hall–Kier alpha value is -3.24. The van der Waals surface area contributed by atoms with E-state index >= 15 is 0 Å². The zero-order valence-corrected chi connectivity index (χ0v) is 23.0. The smallest absolute Gasteiger partial charge is 0.252 e. The molecule has 2 heterocycles. The fourth-order valence-corrected chi connectivity index (χ4v) is 7.27. The third kappa shape index (κ3) is 4.60. The summed E-state index contributed by atoms with van der Waals surface area (Å²) < 4.78 is 34.4. The number of rotatable bonds is 5. The van der Waals surface area contributed by atoms with Crippen molar-refractivity contribution in [3.63, 3.8) is 0 Å². The average Bonchev–Trinajstić information content (AvgIpc) is 3.40. The van der Waals surface area contributed by atoms with Crippen molar-refractivity contribution in [2.24, 2.45) is 0 Å². The minimum absolute atomic E-state index is 0.0351. The monoisotopic (exact) mass is 571 g/mol. The van der Waals surface area contributed by atoms with E-state index in [1.54, 1.807) is 45.0 Å². The van der Waals surface area contributed by atoms with Gasteiger partial charge in [0, 0.05) is 16.1 Å². The van der Waals surface area contributed by atoms with Gasteiger partial charge in [0.2, 0.25) is 21.8 Å². The molecule has 1 saturated heterocycles. The second-order valence-electron chi connectivity index (χ2n) is 9.87. The molecule has 1 atom stereocenters. The Morgan fingerprint density at radius 1 is 1.00 bits per heavy atom. The van der Waals surface area contributed by atoms with Crippen molar-refractivity contribution < 1.29 is 22.4 Å².